The SMILES string of the molecule is CCCCCCCCCCCC(=O)N1CCN(C(=O)CCCSc2nnc(-c3ccccc3)n2CC)CC1C. The topological polar surface area (TPSA) is 71.3 Å². The van der Waals surface area contributed by atoms with Gasteiger partial charge in [0.25, 0.3) is 0 Å². The fourth-order valence-corrected chi connectivity index (χ4v) is 6.25. The zero-order chi connectivity index (χ0) is 27.9. The minimum absolute atomic E-state index is 0.0858. The van der Waals surface area contributed by atoms with Crippen molar-refractivity contribution in [1.29, 1.82) is 0 Å². The van der Waals surface area contributed by atoms with Crippen LogP contribution in [0.3, 0.4) is 0 Å². The number of carbonyl (C=O) groups excluding carboxylic acids is 2. The highest BCUT2D eigenvalue weighted by atomic mass is 32.2. The molecule has 1 aromatic heterocycles. The van der Waals surface area contributed by atoms with Crippen LogP contribution < -0.4 is 0 Å². The molecule has 1 aliphatic heterocycles. The third kappa shape index (κ3) is 9.96. The molecule has 0 N–H and O–H groups in total. The van der Waals surface area contributed by atoms with Gasteiger partial charge >= 0.3 is 0 Å². The normalized spacial score (nSPS) is 15.6. The summed E-state index contributed by atoms with van der Waals surface area (Å²) in [6.07, 6.45) is 13.3. The van der Waals surface area contributed by atoms with E-state index in [1.54, 1.807) is 11.8 Å². The zero-order valence-corrected chi connectivity index (χ0v) is 25.3. The van der Waals surface area contributed by atoms with Gasteiger partial charge in [-0.1, -0.05) is 100 Å². The molecule has 8 heteroatoms. The summed E-state index contributed by atoms with van der Waals surface area (Å²) < 4.78 is 2.13. The van der Waals surface area contributed by atoms with Gasteiger partial charge in [0.15, 0.2) is 11.0 Å². The average molecular weight is 556 g/mol. The summed E-state index contributed by atoms with van der Waals surface area (Å²) >= 11 is 1.66. The van der Waals surface area contributed by atoms with Crippen molar-refractivity contribution in [3.05, 3.63) is 30.3 Å². The summed E-state index contributed by atoms with van der Waals surface area (Å²) in [6, 6.07) is 10.2. The van der Waals surface area contributed by atoms with Gasteiger partial charge in [-0.25, -0.2) is 0 Å². The van der Waals surface area contributed by atoms with E-state index in [-0.39, 0.29) is 17.9 Å². The Hall–Kier alpha value is -2.35. The first kappa shape index (κ1) is 31.2. The molecule has 1 fully saturated rings. The van der Waals surface area contributed by atoms with E-state index in [1.165, 1.54) is 44.9 Å². The quantitative estimate of drug-likeness (QED) is 0.158. The number of thioether (sulfide) groups is 1. The van der Waals surface area contributed by atoms with Gasteiger partial charge in [-0.15, -0.1) is 10.2 Å². The number of carbonyl (C=O) groups is 2. The van der Waals surface area contributed by atoms with Crippen LogP contribution in [0.5, 0.6) is 0 Å². The van der Waals surface area contributed by atoms with Gasteiger partial charge in [0.2, 0.25) is 11.8 Å². The monoisotopic (exact) mass is 555 g/mol. The lowest BCUT2D eigenvalue weighted by Crippen LogP contribution is -2.55. The van der Waals surface area contributed by atoms with E-state index in [9.17, 15) is 9.59 Å². The van der Waals surface area contributed by atoms with Crippen molar-refractivity contribution in [2.24, 2.45) is 0 Å². The summed E-state index contributed by atoms with van der Waals surface area (Å²) in [6.45, 7) is 9.17. The van der Waals surface area contributed by atoms with Gasteiger partial charge in [-0.3, -0.25) is 9.59 Å². The first-order valence-electron chi connectivity index (χ1n) is 15.2. The molecule has 2 heterocycles. The first-order chi connectivity index (χ1) is 19.0. The van der Waals surface area contributed by atoms with Crippen molar-refractivity contribution >= 4 is 23.6 Å². The summed E-state index contributed by atoms with van der Waals surface area (Å²) in [5.74, 6) is 2.15. The molecule has 0 saturated carbocycles. The second kappa shape index (κ2) is 17.4. The van der Waals surface area contributed by atoms with Crippen LogP contribution in [0.15, 0.2) is 35.5 Å². The van der Waals surface area contributed by atoms with Crippen LogP contribution in [0.2, 0.25) is 0 Å². The molecule has 7 nitrogen and oxygen atoms in total. The third-order valence-electron chi connectivity index (χ3n) is 7.63. The van der Waals surface area contributed by atoms with Gasteiger partial charge in [0.05, 0.1) is 0 Å². The number of hydrogen-bond acceptors (Lipinski definition) is 5. The number of amides is 2. The van der Waals surface area contributed by atoms with Gasteiger partial charge in [-0.2, -0.15) is 0 Å². The molecule has 0 radical (unpaired) electrons. The molecule has 2 amide bonds. The minimum Gasteiger partial charge on any atom is -0.339 e. The molecule has 1 saturated heterocycles. The van der Waals surface area contributed by atoms with Crippen LogP contribution in [0.25, 0.3) is 11.4 Å². The number of unbranched alkanes of at least 4 members (excludes halogenated alkanes) is 8. The Labute approximate surface area is 240 Å². The second-order valence-corrected chi connectivity index (χ2v) is 11.8. The highest BCUT2D eigenvalue weighted by molar-refractivity contribution is 7.99. The van der Waals surface area contributed by atoms with E-state index >= 15 is 0 Å². The third-order valence-corrected chi connectivity index (χ3v) is 8.68. The van der Waals surface area contributed by atoms with E-state index in [2.05, 4.69) is 47.7 Å². The smallest absolute Gasteiger partial charge is 0.222 e. The maximum absolute atomic E-state index is 12.9. The molecule has 1 unspecified atom stereocenters. The number of hydrogen-bond donors (Lipinski definition) is 0. The van der Waals surface area contributed by atoms with E-state index in [0.29, 0.717) is 32.5 Å². The molecule has 216 valence electrons. The Morgan fingerprint density at radius 2 is 1.51 bits per heavy atom. The Bertz CT molecular complexity index is 996. The molecular formula is C31H49N5O2S. The fraction of sp³-hybridized carbons (Fsp3) is 0.677. The molecule has 3 rings (SSSR count). The molecule has 1 aromatic carbocycles. The highest BCUT2D eigenvalue weighted by Gasteiger charge is 2.29. The molecule has 39 heavy (non-hydrogen) atoms. The number of nitrogens with zero attached hydrogens (tertiary/aromatic N) is 5. The largest absolute Gasteiger partial charge is 0.339 e. The lowest BCUT2D eigenvalue weighted by molar-refractivity contribution is -0.142. The summed E-state index contributed by atoms with van der Waals surface area (Å²) in [4.78, 5) is 29.6. The van der Waals surface area contributed by atoms with E-state index in [4.69, 9.17) is 0 Å². The number of aromatic nitrogens is 3. The zero-order valence-electron chi connectivity index (χ0n) is 24.4. The van der Waals surface area contributed by atoms with Crippen molar-refractivity contribution in [3.63, 3.8) is 0 Å². The number of benzene rings is 1. The lowest BCUT2D eigenvalue weighted by atomic mass is 10.1. The van der Waals surface area contributed by atoms with Crippen LogP contribution in [0, 0.1) is 0 Å². The van der Waals surface area contributed by atoms with E-state index in [0.717, 1.165) is 48.1 Å². The van der Waals surface area contributed by atoms with Crippen molar-refractivity contribution in [1.82, 2.24) is 24.6 Å². The van der Waals surface area contributed by atoms with Gasteiger partial charge in [-0.05, 0) is 26.7 Å². The Morgan fingerprint density at radius 3 is 2.18 bits per heavy atom. The lowest BCUT2D eigenvalue weighted by Gasteiger charge is -2.40. The van der Waals surface area contributed by atoms with Crippen LogP contribution in [0.1, 0.15) is 97.8 Å². The second-order valence-electron chi connectivity index (χ2n) is 10.7. The van der Waals surface area contributed by atoms with Crippen LogP contribution in [-0.4, -0.2) is 67.8 Å². The van der Waals surface area contributed by atoms with Crippen molar-refractivity contribution in [2.75, 3.05) is 25.4 Å². The van der Waals surface area contributed by atoms with Gasteiger partial charge in [0, 0.05) is 56.4 Å². The van der Waals surface area contributed by atoms with Crippen LogP contribution in [-0.2, 0) is 16.1 Å². The minimum atomic E-state index is 0.0858. The van der Waals surface area contributed by atoms with Crippen molar-refractivity contribution in [2.45, 2.75) is 116 Å². The predicted molar refractivity (Wildman–Crippen MR) is 161 cm³/mol. The Morgan fingerprint density at radius 1 is 0.846 bits per heavy atom. The van der Waals surface area contributed by atoms with E-state index < -0.39 is 0 Å². The van der Waals surface area contributed by atoms with Gasteiger partial charge in [0.1, 0.15) is 0 Å². The first-order valence-corrected chi connectivity index (χ1v) is 16.2. The Balaban J connectivity index is 1.31. The number of rotatable bonds is 17. The number of piperazine rings is 1. The van der Waals surface area contributed by atoms with Gasteiger partial charge < -0.3 is 14.4 Å². The molecule has 0 spiro atoms. The molecule has 0 aliphatic carbocycles. The van der Waals surface area contributed by atoms with Crippen molar-refractivity contribution < 1.29 is 9.59 Å². The fourth-order valence-electron chi connectivity index (χ4n) is 5.31. The average Bonchev–Trinajstić information content (AvgIpc) is 3.37. The highest BCUT2D eigenvalue weighted by Crippen LogP contribution is 2.25. The van der Waals surface area contributed by atoms with Crippen LogP contribution >= 0.6 is 11.8 Å². The molecule has 2 aromatic rings. The molecule has 0 bridgehead atoms. The summed E-state index contributed by atoms with van der Waals surface area (Å²) in [7, 11) is 0. The Kier molecular flexibility index (Phi) is 13.9. The standard InChI is InChI=1S/C31H49N5O2S/c1-4-6-7-8-9-10-11-12-16-20-29(38)36-23-22-34(25-26(36)3)28(37)21-17-24-39-31-33-32-30(35(31)5-2)27-18-14-13-15-19-27/h13-15,18-19,26H,4-12,16-17,20-25H2,1-3H3. The maximum Gasteiger partial charge on any atom is 0.222 e. The molecule has 1 atom stereocenters. The van der Waals surface area contributed by atoms with Crippen LogP contribution in [0.4, 0.5) is 0 Å². The maximum atomic E-state index is 12.9. The summed E-state index contributed by atoms with van der Waals surface area (Å²) in [5.41, 5.74) is 1.06. The molecular weight excluding hydrogens is 506 g/mol. The van der Waals surface area contributed by atoms with Crippen molar-refractivity contribution in [3.8, 4) is 11.4 Å². The summed E-state index contributed by atoms with van der Waals surface area (Å²) in [5, 5.41) is 9.70. The molecule has 1 aliphatic rings. The van der Waals surface area contributed by atoms with E-state index in [1.807, 2.05) is 28.0 Å². The predicted octanol–water partition coefficient (Wildman–Crippen LogP) is 6.82.